The molecule has 0 unspecified atom stereocenters. The van der Waals surface area contributed by atoms with E-state index in [1.807, 2.05) is 18.2 Å². The van der Waals surface area contributed by atoms with Crippen LogP contribution in [0.25, 0.3) is 11.1 Å². The highest BCUT2D eigenvalue weighted by Gasteiger charge is 2.38. The first kappa shape index (κ1) is 28.6. The van der Waals surface area contributed by atoms with Crippen LogP contribution in [0.5, 0.6) is 11.6 Å². The van der Waals surface area contributed by atoms with Crippen LogP contribution >= 0.6 is 0 Å². The van der Waals surface area contributed by atoms with Crippen LogP contribution in [0.4, 0.5) is 13.2 Å². The number of carboxylic acid groups (broad SMARTS) is 1. The summed E-state index contributed by atoms with van der Waals surface area (Å²) in [6.45, 7) is 0.465. The van der Waals surface area contributed by atoms with Gasteiger partial charge in [0.2, 0.25) is 5.88 Å². The molecule has 0 aliphatic rings. The Morgan fingerprint density at radius 1 is 1.05 bits per heavy atom. The Kier molecular flexibility index (Phi) is 9.99. The van der Waals surface area contributed by atoms with Crippen LogP contribution in [-0.2, 0) is 11.2 Å². The van der Waals surface area contributed by atoms with Crippen molar-refractivity contribution >= 4 is 17.7 Å². The number of benzene rings is 2. The number of alkyl halides is 3. The highest BCUT2D eigenvalue weighted by Crippen LogP contribution is 2.21. The summed E-state index contributed by atoms with van der Waals surface area (Å²) in [4.78, 5) is 25.4. The number of amides is 1. The zero-order valence-electron chi connectivity index (χ0n) is 19.7. The maximum atomic E-state index is 12.4. The van der Waals surface area contributed by atoms with Gasteiger partial charge in [0.05, 0.1) is 7.11 Å². The molecule has 0 atom stereocenters. The predicted octanol–water partition coefficient (Wildman–Crippen LogP) is 3.74. The van der Waals surface area contributed by atoms with Gasteiger partial charge < -0.3 is 26.0 Å². The number of nitrogens with two attached hydrogens (primary N) is 1. The highest BCUT2D eigenvalue weighted by atomic mass is 19.4. The van der Waals surface area contributed by atoms with E-state index in [4.69, 9.17) is 25.8 Å². The average Bonchev–Trinajstić information content (AvgIpc) is 2.87. The number of methoxy groups -OCH3 is 1. The van der Waals surface area contributed by atoms with Crippen LogP contribution in [0, 0.1) is 5.41 Å². The largest absolute Gasteiger partial charge is 0.508 e. The lowest BCUT2D eigenvalue weighted by Gasteiger charge is -2.09. The van der Waals surface area contributed by atoms with Crippen LogP contribution in [0.1, 0.15) is 27.9 Å². The number of phenols is 1. The van der Waals surface area contributed by atoms with Gasteiger partial charge in [-0.1, -0.05) is 12.1 Å². The Bertz CT molecular complexity index is 1230. The normalized spacial score (nSPS) is 10.6. The second kappa shape index (κ2) is 12.9. The molecule has 9 nitrogen and oxygen atoms in total. The summed E-state index contributed by atoms with van der Waals surface area (Å²) in [5.41, 5.74) is 9.23. The van der Waals surface area contributed by atoms with Crippen molar-refractivity contribution < 1.29 is 37.7 Å². The molecule has 0 bridgehead atoms. The van der Waals surface area contributed by atoms with E-state index in [1.54, 1.807) is 43.6 Å². The van der Waals surface area contributed by atoms with Gasteiger partial charge in [-0.15, -0.1) is 0 Å². The molecular formula is C25H25F3N4O5. The number of pyridine rings is 1. The molecule has 1 heterocycles. The Morgan fingerprint density at radius 3 is 2.16 bits per heavy atom. The number of nitrogen functional groups attached to an aromatic ring is 1. The number of carboxylic acids is 1. The smallest absolute Gasteiger partial charge is 0.490 e. The number of amidine groups is 1. The van der Waals surface area contributed by atoms with E-state index in [-0.39, 0.29) is 17.5 Å². The molecule has 0 saturated heterocycles. The summed E-state index contributed by atoms with van der Waals surface area (Å²) in [6.07, 6.45) is -2.14. The SMILES string of the molecule is COc1ccc(-c2ccc(C(=O)NCCCc3cc(C(=N)N)ccc3O)cc2)cn1.O=C(O)C(F)(F)F. The Hall–Kier alpha value is -4.61. The molecule has 0 aliphatic carbocycles. The van der Waals surface area contributed by atoms with E-state index in [0.717, 1.165) is 11.1 Å². The maximum Gasteiger partial charge on any atom is 0.490 e. The molecule has 37 heavy (non-hydrogen) atoms. The number of carbonyl (C=O) groups excluding carboxylic acids is 1. The van der Waals surface area contributed by atoms with Gasteiger partial charge in [0.1, 0.15) is 11.6 Å². The number of nitrogens with zero attached hydrogens (tertiary/aromatic N) is 1. The van der Waals surface area contributed by atoms with Gasteiger partial charge in [0, 0.05) is 35.5 Å². The minimum atomic E-state index is -5.08. The number of hydrogen-bond acceptors (Lipinski definition) is 6. The van der Waals surface area contributed by atoms with E-state index >= 15 is 0 Å². The van der Waals surface area contributed by atoms with Crippen LogP contribution in [0.2, 0.25) is 0 Å². The molecule has 3 rings (SSSR count). The molecule has 1 amide bonds. The molecule has 0 saturated carbocycles. The Labute approximate surface area is 210 Å². The molecule has 12 heteroatoms. The van der Waals surface area contributed by atoms with Crippen LogP contribution < -0.4 is 15.8 Å². The molecule has 2 aromatic carbocycles. The van der Waals surface area contributed by atoms with E-state index in [0.29, 0.717) is 42.0 Å². The van der Waals surface area contributed by atoms with Gasteiger partial charge in [0.15, 0.2) is 0 Å². The zero-order chi connectivity index (χ0) is 27.6. The lowest BCUT2D eigenvalue weighted by Crippen LogP contribution is -2.24. The molecule has 0 spiro atoms. The predicted molar refractivity (Wildman–Crippen MR) is 130 cm³/mol. The molecule has 6 N–H and O–H groups in total. The lowest BCUT2D eigenvalue weighted by atomic mass is 10.0. The standard InChI is InChI=1S/C23H24N4O3.C2HF3O2/c1-30-21-11-9-19(14-27-21)15-4-6-16(7-5-15)23(29)26-12-2-3-17-13-18(22(24)25)8-10-20(17)28;3-2(4,5)1(6)7/h4-11,13-14,28H,2-3,12H2,1H3,(H3,24,25)(H,26,29);(H,6,7). The number of halogens is 3. The van der Waals surface area contributed by atoms with Gasteiger partial charge in [-0.2, -0.15) is 13.2 Å². The second-order valence-corrected chi connectivity index (χ2v) is 7.59. The topological polar surface area (TPSA) is 159 Å². The Balaban J connectivity index is 0.000000604. The zero-order valence-corrected chi connectivity index (χ0v) is 19.7. The van der Waals surface area contributed by atoms with Gasteiger partial charge >= 0.3 is 12.1 Å². The van der Waals surface area contributed by atoms with Gasteiger partial charge in [-0.3, -0.25) is 10.2 Å². The van der Waals surface area contributed by atoms with Crippen molar-refractivity contribution in [1.82, 2.24) is 10.3 Å². The number of ether oxygens (including phenoxy) is 1. The van der Waals surface area contributed by atoms with Crippen LogP contribution in [0.15, 0.2) is 60.8 Å². The highest BCUT2D eigenvalue weighted by molar-refractivity contribution is 5.95. The molecule has 1 aromatic heterocycles. The minimum absolute atomic E-state index is 0.0431. The monoisotopic (exact) mass is 518 g/mol. The van der Waals surface area contributed by atoms with Gasteiger partial charge in [0.25, 0.3) is 5.91 Å². The number of aromatic nitrogens is 1. The molecule has 0 radical (unpaired) electrons. The summed E-state index contributed by atoms with van der Waals surface area (Å²) in [7, 11) is 1.57. The number of carbonyl (C=O) groups is 2. The lowest BCUT2D eigenvalue weighted by molar-refractivity contribution is -0.192. The average molecular weight is 518 g/mol. The number of nitrogens with one attached hydrogen (secondary N) is 2. The van der Waals surface area contributed by atoms with Crippen molar-refractivity contribution in [3.63, 3.8) is 0 Å². The van der Waals surface area contributed by atoms with Gasteiger partial charge in [-0.25, -0.2) is 9.78 Å². The third-order valence-electron chi connectivity index (χ3n) is 4.97. The molecule has 0 aliphatic heterocycles. The van der Waals surface area contributed by atoms with E-state index in [9.17, 15) is 23.1 Å². The summed E-state index contributed by atoms with van der Waals surface area (Å²) in [5.74, 6) is -2.24. The van der Waals surface area contributed by atoms with E-state index in [2.05, 4.69) is 10.3 Å². The summed E-state index contributed by atoms with van der Waals surface area (Å²) < 4.78 is 36.8. The number of rotatable bonds is 8. The first-order chi connectivity index (χ1) is 17.4. The molecule has 3 aromatic rings. The van der Waals surface area contributed by atoms with Crippen LogP contribution in [0.3, 0.4) is 0 Å². The number of aryl methyl sites for hydroxylation is 1. The van der Waals surface area contributed by atoms with E-state index in [1.165, 1.54) is 6.07 Å². The molecule has 0 fully saturated rings. The Morgan fingerprint density at radius 2 is 1.65 bits per heavy atom. The van der Waals surface area contributed by atoms with Crippen molar-refractivity contribution in [2.24, 2.45) is 5.73 Å². The van der Waals surface area contributed by atoms with E-state index < -0.39 is 12.1 Å². The minimum Gasteiger partial charge on any atom is -0.508 e. The number of aromatic hydroxyl groups is 1. The van der Waals surface area contributed by atoms with Crippen molar-refractivity contribution in [3.05, 3.63) is 77.5 Å². The summed E-state index contributed by atoms with van der Waals surface area (Å²) in [5, 5.41) is 27.4. The van der Waals surface area contributed by atoms with Crippen molar-refractivity contribution in [2.45, 2.75) is 19.0 Å². The number of phenolic OH excluding ortho intramolecular Hbond substituents is 1. The molecular weight excluding hydrogens is 493 g/mol. The van der Waals surface area contributed by atoms with Crippen molar-refractivity contribution in [1.29, 1.82) is 5.41 Å². The number of aliphatic carboxylic acids is 1. The van der Waals surface area contributed by atoms with Crippen molar-refractivity contribution in [2.75, 3.05) is 13.7 Å². The fourth-order valence-electron chi connectivity index (χ4n) is 3.02. The van der Waals surface area contributed by atoms with Crippen molar-refractivity contribution in [3.8, 4) is 22.8 Å². The third kappa shape index (κ3) is 8.84. The van der Waals surface area contributed by atoms with Gasteiger partial charge in [-0.05, 0) is 60.4 Å². The first-order valence-electron chi connectivity index (χ1n) is 10.8. The third-order valence-corrected chi connectivity index (χ3v) is 4.97. The fraction of sp³-hybridized carbons (Fsp3) is 0.200. The number of hydrogen-bond donors (Lipinski definition) is 5. The summed E-state index contributed by atoms with van der Waals surface area (Å²) >= 11 is 0. The second-order valence-electron chi connectivity index (χ2n) is 7.59. The van der Waals surface area contributed by atoms with Crippen LogP contribution in [-0.4, -0.2) is 52.7 Å². The molecule has 196 valence electrons. The maximum absolute atomic E-state index is 12.4. The quantitative estimate of drug-likeness (QED) is 0.173. The fourth-order valence-corrected chi connectivity index (χ4v) is 3.02. The summed E-state index contributed by atoms with van der Waals surface area (Å²) in [6, 6.07) is 15.9. The first-order valence-corrected chi connectivity index (χ1v) is 10.8.